The molecule has 0 aromatic heterocycles. The first-order valence-electron chi connectivity index (χ1n) is 4.06. The van der Waals surface area contributed by atoms with Crippen molar-refractivity contribution in [2.75, 3.05) is 13.4 Å². The van der Waals surface area contributed by atoms with Crippen LogP contribution < -0.4 is 4.74 Å². The predicted octanol–water partition coefficient (Wildman–Crippen LogP) is 2.33. The molecule has 1 N–H and O–H groups in total. The summed E-state index contributed by atoms with van der Waals surface area (Å²) < 4.78 is 5.00. The summed E-state index contributed by atoms with van der Waals surface area (Å²) in [5, 5.41) is 9.52. The number of phenolic OH excluding ortho intramolecular Hbond substituents is 1. The number of ether oxygens (including phenoxy) is 1. The number of hydrogen-bond acceptors (Lipinski definition) is 4. The van der Waals surface area contributed by atoms with Gasteiger partial charge in [0.2, 0.25) is 0 Å². The van der Waals surface area contributed by atoms with E-state index < -0.39 is 0 Å². The molecule has 0 bridgehead atoms. The smallest absolute Gasteiger partial charge is 0.163 e. The van der Waals surface area contributed by atoms with Gasteiger partial charge in [0.15, 0.2) is 5.78 Å². The molecule has 0 fully saturated rings. The van der Waals surface area contributed by atoms with E-state index in [0.717, 1.165) is 0 Å². The van der Waals surface area contributed by atoms with Crippen molar-refractivity contribution < 1.29 is 14.6 Å². The molecule has 1 rings (SSSR count). The van der Waals surface area contributed by atoms with Crippen LogP contribution in [0.15, 0.2) is 17.0 Å². The lowest BCUT2D eigenvalue weighted by molar-refractivity contribution is 0.101. The summed E-state index contributed by atoms with van der Waals surface area (Å²) >= 11 is 1.39. The molecular formula is C10H12O3S. The fourth-order valence-electron chi connectivity index (χ4n) is 1.16. The molecule has 0 atom stereocenters. The van der Waals surface area contributed by atoms with Crippen LogP contribution >= 0.6 is 11.8 Å². The van der Waals surface area contributed by atoms with Gasteiger partial charge in [-0.2, -0.15) is 0 Å². The van der Waals surface area contributed by atoms with E-state index in [9.17, 15) is 9.90 Å². The Bertz CT molecular complexity index is 361. The zero-order valence-electron chi connectivity index (χ0n) is 8.33. The topological polar surface area (TPSA) is 46.5 Å². The van der Waals surface area contributed by atoms with Crippen LogP contribution in [-0.4, -0.2) is 24.3 Å². The molecule has 0 heterocycles. The average Bonchev–Trinajstić information content (AvgIpc) is 2.16. The number of ketones is 1. The van der Waals surface area contributed by atoms with Crippen molar-refractivity contribution in [1.82, 2.24) is 0 Å². The van der Waals surface area contributed by atoms with Crippen LogP contribution in [0.1, 0.15) is 17.3 Å². The minimum absolute atomic E-state index is 0.0721. The van der Waals surface area contributed by atoms with Crippen molar-refractivity contribution in [3.05, 3.63) is 17.7 Å². The molecule has 3 nitrogen and oxygen atoms in total. The molecule has 0 aliphatic heterocycles. The highest BCUT2D eigenvalue weighted by Crippen LogP contribution is 2.33. The van der Waals surface area contributed by atoms with Crippen LogP contribution in [0.3, 0.4) is 0 Å². The lowest BCUT2D eigenvalue weighted by Gasteiger charge is -2.09. The number of phenols is 1. The highest BCUT2D eigenvalue weighted by Gasteiger charge is 2.12. The van der Waals surface area contributed by atoms with Gasteiger partial charge < -0.3 is 9.84 Å². The van der Waals surface area contributed by atoms with E-state index in [-0.39, 0.29) is 11.5 Å². The second-order valence-electron chi connectivity index (χ2n) is 2.78. The lowest BCUT2D eigenvalue weighted by atomic mass is 10.1. The van der Waals surface area contributed by atoms with Gasteiger partial charge >= 0.3 is 0 Å². The molecule has 0 saturated heterocycles. The van der Waals surface area contributed by atoms with E-state index in [4.69, 9.17) is 4.74 Å². The Morgan fingerprint density at radius 2 is 2.14 bits per heavy atom. The SMILES string of the molecule is COc1cc(O)c(SC)cc1C(C)=O. The number of methoxy groups -OCH3 is 1. The van der Waals surface area contributed by atoms with E-state index in [1.165, 1.54) is 31.9 Å². The van der Waals surface area contributed by atoms with Crippen LogP contribution in [0.5, 0.6) is 11.5 Å². The Hall–Kier alpha value is -1.16. The molecule has 76 valence electrons. The normalized spacial score (nSPS) is 9.93. The van der Waals surface area contributed by atoms with Crippen molar-refractivity contribution in [2.45, 2.75) is 11.8 Å². The third kappa shape index (κ3) is 2.01. The molecule has 4 heteroatoms. The Kier molecular flexibility index (Phi) is 3.41. The van der Waals surface area contributed by atoms with Gasteiger partial charge in [-0.15, -0.1) is 11.8 Å². The Morgan fingerprint density at radius 1 is 1.50 bits per heavy atom. The Morgan fingerprint density at radius 3 is 2.57 bits per heavy atom. The number of Topliss-reactive ketones (excluding diaryl/α,β-unsaturated/α-hetero) is 1. The molecule has 0 amide bonds. The highest BCUT2D eigenvalue weighted by atomic mass is 32.2. The van der Waals surface area contributed by atoms with E-state index in [1.807, 2.05) is 6.26 Å². The van der Waals surface area contributed by atoms with E-state index in [1.54, 1.807) is 6.07 Å². The molecule has 0 unspecified atom stereocenters. The average molecular weight is 212 g/mol. The molecule has 0 aliphatic rings. The minimum Gasteiger partial charge on any atom is -0.507 e. The molecule has 0 spiro atoms. The number of rotatable bonds is 3. The summed E-state index contributed by atoms with van der Waals surface area (Å²) in [6.07, 6.45) is 1.84. The maximum absolute atomic E-state index is 11.2. The van der Waals surface area contributed by atoms with Gasteiger partial charge in [-0.1, -0.05) is 0 Å². The van der Waals surface area contributed by atoms with Gasteiger partial charge in [-0.3, -0.25) is 4.79 Å². The predicted molar refractivity (Wildman–Crippen MR) is 56.4 cm³/mol. The number of carbonyl (C=O) groups excluding carboxylic acids is 1. The second kappa shape index (κ2) is 4.37. The number of thioether (sulfide) groups is 1. The minimum atomic E-state index is -0.0721. The van der Waals surface area contributed by atoms with Gasteiger partial charge in [0.25, 0.3) is 0 Å². The maximum Gasteiger partial charge on any atom is 0.163 e. The summed E-state index contributed by atoms with van der Waals surface area (Å²) in [5.74, 6) is 0.476. The molecule has 0 aliphatic carbocycles. The van der Waals surface area contributed by atoms with Gasteiger partial charge in [0.05, 0.1) is 12.7 Å². The highest BCUT2D eigenvalue weighted by molar-refractivity contribution is 7.98. The second-order valence-corrected chi connectivity index (χ2v) is 3.63. The van der Waals surface area contributed by atoms with Crippen LogP contribution in [0.4, 0.5) is 0 Å². The van der Waals surface area contributed by atoms with Crippen LogP contribution in [0, 0.1) is 0 Å². The largest absolute Gasteiger partial charge is 0.507 e. The molecule has 0 radical (unpaired) electrons. The van der Waals surface area contributed by atoms with Crippen LogP contribution in [0.2, 0.25) is 0 Å². The fraction of sp³-hybridized carbons (Fsp3) is 0.300. The van der Waals surface area contributed by atoms with Crippen LogP contribution in [0.25, 0.3) is 0 Å². The molecular weight excluding hydrogens is 200 g/mol. The van der Waals surface area contributed by atoms with E-state index >= 15 is 0 Å². The van der Waals surface area contributed by atoms with E-state index in [2.05, 4.69) is 0 Å². The van der Waals surface area contributed by atoms with Crippen molar-refractivity contribution >= 4 is 17.5 Å². The van der Waals surface area contributed by atoms with Crippen molar-refractivity contribution in [2.24, 2.45) is 0 Å². The monoisotopic (exact) mass is 212 g/mol. The van der Waals surface area contributed by atoms with Gasteiger partial charge in [-0.25, -0.2) is 0 Å². The fourth-order valence-corrected chi connectivity index (χ4v) is 1.66. The summed E-state index contributed by atoms with van der Waals surface area (Å²) in [6.45, 7) is 1.47. The van der Waals surface area contributed by atoms with Gasteiger partial charge in [-0.05, 0) is 19.2 Å². The number of hydrogen-bond donors (Lipinski definition) is 1. The van der Waals surface area contributed by atoms with Crippen molar-refractivity contribution in [3.63, 3.8) is 0 Å². The zero-order chi connectivity index (χ0) is 10.7. The van der Waals surface area contributed by atoms with Crippen molar-refractivity contribution in [3.8, 4) is 11.5 Å². The third-order valence-corrected chi connectivity index (χ3v) is 2.65. The maximum atomic E-state index is 11.2. The molecule has 1 aromatic rings. The van der Waals surface area contributed by atoms with Crippen molar-refractivity contribution in [1.29, 1.82) is 0 Å². The first kappa shape index (κ1) is 10.9. The lowest BCUT2D eigenvalue weighted by Crippen LogP contribution is -1.97. The Balaban J connectivity index is 3.32. The molecule has 0 saturated carbocycles. The summed E-state index contributed by atoms with van der Waals surface area (Å²) in [7, 11) is 1.47. The molecule has 14 heavy (non-hydrogen) atoms. The molecule has 1 aromatic carbocycles. The van der Waals surface area contributed by atoms with Gasteiger partial charge in [0, 0.05) is 11.0 Å². The standard InChI is InChI=1S/C10H12O3S/c1-6(11)7-4-10(14-3)8(12)5-9(7)13-2/h4-5,12H,1-3H3. The Labute approximate surface area is 87.1 Å². The number of benzene rings is 1. The van der Waals surface area contributed by atoms with Gasteiger partial charge in [0.1, 0.15) is 11.5 Å². The number of carbonyl (C=O) groups is 1. The van der Waals surface area contributed by atoms with E-state index in [0.29, 0.717) is 16.2 Å². The summed E-state index contributed by atoms with van der Waals surface area (Å²) in [6, 6.07) is 3.10. The first-order chi connectivity index (χ1) is 6.60. The third-order valence-electron chi connectivity index (χ3n) is 1.88. The quantitative estimate of drug-likeness (QED) is 0.617. The summed E-state index contributed by atoms with van der Waals surface area (Å²) in [5.41, 5.74) is 0.495. The first-order valence-corrected chi connectivity index (χ1v) is 5.28. The van der Waals surface area contributed by atoms with Crippen LogP contribution in [-0.2, 0) is 0 Å². The summed E-state index contributed by atoms with van der Waals surface area (Å²) in [4.78, 5) is 11.9. The number of aromatic hydroxyl groups is 1. The zero-order valence-corrected chi connectivity index (χ0v) is 9.14.